The summed E-state index contributed by atoms with van der Waals surface area (Å²) in [5.41, 5.74) is -1.52. The Morgan fingerprint density at radius 3 is 2.35 bits per heavy atom. The van der Waals surface area contributed by atoms with Crippen molar-refractivity contribution in [3.63, 3.8) is 0 Å². The number of carbonyl (C=O) groups is 1. The SMILES string of the molecule is C[C@]1(O)CC2CCC1[C@@H]2S(=O)(=O)c1cc(C(=O)Nc2cc(F)c(F)c(F)c2)ccc1Cl. The lowest BCUT2D eigenvalue weighted by atomic mass is 9.86. The molecule has 166 valence electrons. The normalized spacial score (nSPS) is 27.5. The first-order chi connectivity index (χ1) is 14.4. The van der Waals surface area contributed by atoms with Gasteiger partial charge in [-0.3, -0.25) is 4.79 Å². The van der Waals surface area contributed by atoms with Gasteiger partial charge in [0.2, 0.25) is 0 Å². The van der Waals surface area contributed by atoms with Crippen LogP contribution in [0.4, 0.5) is 18.9 Å². The summed E-state index contributed by atoms with van der Waals surface area (Å²) in [5, 5.41) is 11.9. The highest BCUT2D eigenvalue weighted by atomic mass is 35.5. The zero-order valence-corrected chi connectivity index (χ0v) is 17.9. The zero-order valence-electron chi connectivity index (χ0n) is 16.3. The molecule has 2 aliphatic rings. The topological polar surface area (TPSA) is 83.5 Å². The van der Waals surface area contributed by atoms with Gasteiger partial charge in [-0.2, -0.15) is 0 Å². The van der Waals surface area contributed by atoms with Gasteiger partial charge in [0.05, 0.1) is 20.8 Å². The van der Waals surface area contributed by atoms with Crippen LogP contribution in [-0.4, -0.2) is 30.3 Å². The summed E-state index contributed by atoms with van der Waals surface area (Å²) < 4.78 is 66.7. The van der Waals surface area contributed by atoms with Crippen LogP contribution in [0.2, 0.25) is 5.02 Å². The second-order valence-corrected chi connectivity index (χ2v) is 10.8. The van der Waals surface area contributed by atoms with E-state index in [1.807, 2.05) is 0 Å². The molecule has 4 atom stereocenters. The summed E-state index contributed by atoms with van der Waals surface area (Å²) in [5.74, 6) is -6.10. The van der Waals surface area contributed by atoms with Crippen molar-refractivity contribution in [2.75, 3.05) is 5.32 Å². The molecule has 1 amide bonds. The van der Waals surface area contributed by atoms with E-state index in [0.29, 0.717) is 31.4 Å². The number of benzene rings is 2. The Kier molecular flexibility index (Phi) is 5.34. The third kappa shape index (κ3) is 3.72. The van der Waals surface area contributed by atoms with E-state index in [0.717, 1.165) is 6.07 Å². The lowest BCUT2D eigenvalue weighted by molar-refractivity contribution is 0.00560. The van der Waals surface area contributed by atoms with Crippen LogP contribution in [-0.2, 0) is 9.84 Å². The minimum atomic E-state index is -3.97. The number of aliphatic hydroxyl groups is 1. The number of carbonyl (C=O) groups excluding carboxylic acids is 1. The molecule has 0 heterocycles. The molecule has 5 nitrogen and oxygen atoms in total. The van der Waals surface area contributed by atoms with Gasteiger partial charge in [0.25, 0.3) is 5.91 Å². The van der Waals surface area contributed by atoms with Crippen LogP contribution in [0.25, 0.3) is 0 Å². The second-order valence-electron chi connectivity index (χ2n) is 8.37. The van der Waals surface area contributed by atoms with Crippen LogP contribution in [0.1, 0.15) is 36.5 Å². The molecule has 0 saturated heterocycles. The molecular formula is C21H19ClF3NO4S. The van der Waals surface area contributed by atoms with Crippen LogP contribution in [0.5, 0.6) is 0 Å². The lowest BCUT2D eigenvalue weighted by Crippen LogP contribution is -2.35. The van der Waals surface area contributed by atoms with Crippen LogP contribution in [0, 0.1) is 29.3 Å². The summed E-state index contributed by atoms with van der Waals surface area (Å²) in [6.07, 6.45) is 1.65. The molecule has 31 heavy (non-hydrogen) atoms. The van der Waals surface area contributed by atoms with E-state index in [1.54, 1.807) is 6.92 Å². The number of hydrogen-bond donors (Lipinski definition) is 2. The van der Waals surface area contributed by atoms with Crippen LogP contribution in [0.3, 0.4) is 0 Å². The first-order valence-corrected chi connectivity index (χ1v) is 11.6. The average Bonchev–Trinajstić information content (AvgIpc) is 3.21. The Balaban J connectivity index is 1.65. The molecule has 0 aromatic heterocycles. The van der Waals surface area contributed by atoms with Gasteiger partial charge in [-0.25, -0.2) is 21.6 Å². The average molecular weight is 474 g/mol. The van der Waals surface area contributed by atoms with Gasteiger partial charge in [0.1, 0.15) is 0 Å². The highest BCUT2D eigenvalue weighted by Crippen LogP contribution is 2.55. The summed E-state index contributed by atoms with van der Waals surface area (Å²) in [7, 11) is -3.97. The molecule has 0 aliphatic heterocycles. The van der Waals surface area contributed by atoms with Gasteiger partial charge in [0.15, 0.2) is 27.3 Å². The van der Waals surface area contributed by atoms with Gasteiger partial charge in [0, 0.05) is 29.3 Å². The minimum Gasteiger partial charge on any atom is -0.390 e. The predicted molar refractivity (Wildman–Crippen MR) is 108 cm³/mol. The quantitative estimate of drug-likeness (QED) is 0.647. The molecule has 2 bridgehead atoms. The molecule has 0 radical (unpaired) electrons. The van der Waals surface area contributed by atoms with Crippen molar-refractivity contribution < 1.29 is 31.5 Å². The van der Waals surface area contributed by atoms with Crippen molar-refractivity contribution in [1.29, 1.82) is 0 Å². The first kappa shape index (κ1) is 22.1. The summed E-state index contributed by atoms with van der Waals surface area (Å²) in [4.78, 5) is 12.3. The number of nitrogens with one attached hydrogen (secondary N) is 1. The van der Waals surface area contributed by atoms with Crippen LogP contribution >= 0.6 is 11.6 Å². The number of fused-ring (bicyclic) bond motifs is 2. The summed E-state index contributed by atoms with van der Waals surface area (Å²) in [6.45, 7) is 1.63. The number of anilines is 1. The maximum Gasteiger partial charge on any atom is 0.255 e. The fourth-order valence-corrected chi connectivity index (χ4v) is 7.89. The maximum atomic E-state index is 13.4. The number of halogens is 4. The third-order valence-electron chi connectivity index (χ3n) is 6.28. The van der Waals surface area contributed by atoms with Crippen molar-refractivity contribution in [2.24, 2.45) is 11.8 Å². The lowest BCUT2D eigenvalue weighted by Gasteiger charge is -2.28. The molecule has 2 N–H and O–H groups in total. The van der Waals surface area contributed by atoms with Crippen molar-refractivity contribution in [1.82, 2.24) is 0 Å². The van der Waals surface area contributed by atoms with Gasteiger partial charge in [-0.1, -0.05) is 11.6 Å². The third-order valence-corrected chi connectivity index (χ3v) is 9.11. The first-order valence-electron chi connectivity index (χ1n) is 9.63. The minimum absolute atomic E-state index is 0.0682. The van der Waals surface area contributed by atoms with Crippen molar-refractivity contribution >= 4 is 33.0 Å². The molecule has 10 heteroatoms. The summed E-state index contributed by atoms with van der Waals surface area (Å²) >= 11 is 6.16. The number of rotatable bonds is 4. The fourth-order valence-electron chi connectivity index (χ4n) is 4.93. The van der Waals surface area contributed by atoms with E-state index in [1.165, 1.54) is 12.1 Å². The number of sulfone groups is 1. The number of hydrogen-bond acceptors (Lipinski definition) is 4. The van der Waals surface area contributed by atoms with Gasteiger partial charge >= 0.3 is 0 Å². The molecule has 2 unspecified atom stereocenters. The maximum absolute atomic E-state index is 13.4. The molecule has 2 fully saturated rings. The molecule has 2 saturated carbocycles. The van der Waals surface area contributed by atoms with Gasteiger partial charge in [-0.05, 0) is 50.3 Å². The van der Waals surface area contributed by atoms with E-state index in [-0.39, 0.29) is 27.1 Å². The Labute approximate surface area is 182 Å². The number of amides is 1. The zero-order chi connectivity index (χ0) is 22.7. The fraction of sp³-hybridized carbons (Fsp3) is 0.381. The largest absolute Gasteiger partial charge is 0.390 e. The Morgan fingerprint density at radius 1 is 1.16 bits per heavy atom. The highest BCUT2D eigenvalue weighted by molar-refractivity contribution is 7.92. The van der Waals surface area contributed by atoms with Gasteiger partial charge < -0.3 is 10.4 Å². The highest BCUT2D eigenvalue weighted by Gasteiger charge is 2.59. The molecule has 2 aromatic rings. The van der Waals surface area contributed by atoms with Crippen molar-refractivity contribution in [3.8, 4) is 0 Å². The summed E-state index contributed by atoms with van der Waals surface area (Å²) in [6, 6.07) is 4.86. The van der Waals surface area contributed by atoms with Crippen molar-refractivity contribution in [3.05, 3.63) is 58.4 Å². The van der Waals surface area contributed by atoms with E-state index in [9.17, 15) is 31.5 Å². The molecule has 2 aliphatic carbocycles. The van der Waals surface area contributed by atoms with Crippen LogP contribution in [0.15, 0.2) is 35.2 Å². The molecular weight excluding hydrogens is 455 g/mol. The van der Waals surface area contributed by atoms with Gasteiger partial charge in [-0.15, -0.1) is 0 Å². The van der Waals surface area contributed by atoms with E-state index in [2.05, 4.69) is 5.32 Å². The van der Waals surface area contributed by atoms with E-state index >= 15 is 0 Å². The Bertz CT molecular complexity index is 1160. The van der Waals surface area contributed by atoms with E-state index in [4.69, 9.17) is 11.6 Å². The standard InChI is InChI=1S/C21H19ClF3NO4S/c1-21(28)9-11-2-4-13(21)19(11)31(29,30)17-6-10(3-5-14(17)22)20(27)26-12-7-15(23)18(25)16(24)8-12/h3,5-8,11,13,19,28H,2,4,9H2,1H3,(H,26,27)/t11?,13?,19-,21+/m1/s1. The molecule has 0 spiro atoms. The predicted octanol–water partition coefficient (Wildman–Crippen LogP) is 4.33. The molecule has 4 rings (SSSR count). The molecule has 2 aromatic carbocycles. The van der Waals surface area contributed by atoms with Crippen molar-refractivity contribution in [2.45, 2.75) is 41.9 Å². The second kappa shape index (κ2) is 7.50. The smallest absolute Gasteiger partial charge is 0.255 e. The monoisotopic (exact) mass is 473 g/mol. The Morgan fingerprint density at radius 2 is 1.81 bits per heavy atom. The Hall–Kier alpha value is -2.10. The van der Waals surface area contributed by atoms with Crippen LogP contribution < -0.4 is 5.32 Å². The van der Waals surface area contributed by atoms with E-state index < -0.39 is 50.0 Å².